The minimum Gasteiger partial charge on any atom is -0.481 e. The second kappa shape index (κ2) is 9.82. The van der Waals surface area contributed by atoms with E-state index in [1.807, 2.05) is 48.5 Å². The Labute approximate surface area is 186 Å². The third-order valence-electron chi connectivity index (χ3n) is 5.51. The van der Waals surface area contributed by atoms with Gasteiger partial charge >= 0.3 is 12.1 Å². The lowest BCUT2D eigenvalue weighted by Gasteiger charge is -2.30. The molecule has 0 heterocycles. The Morgan fingerprint density at radius 1 is 1.06 bits per heavy atom. The van der Waals surface area contributed by atoms with Crippen LogP contribution in [0.3, 0.4) is 0 Å². The summed E-state index contributed by atoms with van der Waals surface area (Å²) in [6, 6.07) is 15.4. The molecule has 1 unspecified atom stereocenters. The molecule has 0 fully saturated rings. The molecule has 3 rings (SSSR count). The first-order valence-electron chi connectivity index (χ1n) is 10.4. The Balaban J connectivity index is 1.67. The number of carboxylic acid groups (broad SMARTS) is 1. The minimum absolute atomic E-state index is 0.105. The van der Waals surface area contributed by atoms with Gasteiger partial charge in [0, 0.05) is 19.1 Å². The summed E-state index contributed by atoms with van der Waals surface area (Å²) in [5.74, 6) is -1.69. The Morgan fingerprint density at radius 3 is 2.16 bits per heavy atom. The second-order valence-corrected chi connectivity index (χ2v) is 8.19. The van der Waals surface area contributed by atoms with Crippen molar-refractivity contribution in [3.63, 3.8) is 0 Å². The van der Waals surface area contributed by atoms with E-state index >= 15 is 0 Å². The van der Waals surface area contributed by atoms with E-state index in [1.54, 1.807) is 6.92 Å². The van der Waals surface area contributed by atoms with Crippen molar-refractivity contribution < 1.29 is 29.0 Å². The first kappa shape index (κ1) is 23.3. The van der Waals surface area contributed by atoms with Gasteiger partial charge in [0.1, 0.15) is 12.1 Å². The summed E-state index contributed by atoms with van der Waals surface area (Å²) in [6.45, 7) is 3.08. The molecular formula is C24H28N2O6. The van der Waals surface area contributed by atoms with E-state index in [4.69, 9.17) is 14.6 Å². The molecule has 0 spiro atoms. The van der Waals surface area contributed by atoms with Gasteiger partial charge < -0.3 is 25.2 Å². The predicted molar refractivity (Wildman–Crippen MR) is 118 cm³/mol. The van der Waals surface area contributed by atoms with Crippen molar-refractivity contribution in [1.29, 1.82) is 0 Å². The Bertz CT molecular complexity index is 962. The van der Waals surface area contributed by atoms with Gasteiger partial charge in [-0.05, 0) is 36.1 Å². The summed E-state index contributed by atoms with van der Waals surface area (Å²) in [4.78, 5) is 36.2. The van der Waals surface area contributed by atoms with Gasteiger partial charge in [0.15, 0.2) is 0 Å². The molecule has 1 aliphatic rings. The van der Waals surface area contributed by atoms with Crippen LogP contribution in [0.5, 0.6) is 0 Å². The molecule has 2 aromatic rings. The van der Waals surface area contributed by atoms with Gasteiger partial charge in [-0.15, -0.1) is 0 Å². The number of fused-ring (bicyclic) bond motifs is 3. The normalized spacial score (nSPS) is 15.1. The van der Waals surface area contributed by atoms with Crippen LogP contribution in [-0.4, -0.2) is 55.0 Å². The van der Waals surface area contributed by atoms with E-state index in [-0.39, 0.29) is 25.6 Å². The molecule has 0 aromatic heterocycles. The zero-order valence-electron chi connectivity index (χ0n) is 18.4. The number of aliphatic carboxylic acids is 1. The number of amides is 2. The molecule has 2 atom stereocenters. The number of carbonyl (C=O) groups excluding carboxylic acids is 2. The first-order valence-corrected chi connectivity index (χ1v) is 10.4. The van der Waals surface area contributed by atoms with E-state index in [2.05, 4.69) is 10.6 Å². The van der Waals surface area contributed by atoms with Gasteiger partial charge in [0.05, 0.1) is 13.0 Å². The predicted octanol–water partition coefficient (Wildman–Crippen LogP) is 2.91. The average molecular weight is 440 g/mol. The van der Waals surface area contributed by atoms with Crippen molar-refractivity contribution in [3.8, 4) is 11.1 Å². The largest absolute Gasteiger partial charge is 0.481 e. The van der Waals surface area contributed by atoms with Gasteiger partial charge in [-0.2, -0.15) is 0 Å². The third-order valence-corrected chi connectivity index (χ3v) is 5.51. The zero-order chi connectivity index (χ0) is 23.3. The summed E-state index contributed by atoms with van der Waals surface area (Å²) in [7, 11) is 1.41. The van der Waals surface area contributed by atoms with Gasteiger partial charge in [0.2, 0.25) is 5.91 Å². The van der Waals surface area contributed by atoms with Crippen LogP contribution in [0.4, 0.5) is 4.79 Å². The van der Waals surface area contributed by atoms with Crippen molar-refractivity contribution in [3.05, 3.63) is 59.7 Å². The molecule has 0 bridgehead atoms. The SMILES string of the molecule is COCC(C)(NC(=O)OCC1c2ccccc2-c2ccccc21)C(=O)N[C@H](C)CC(=O)O. The molecule has 2 aromatic carbocycles. The fourth-order valence-corrected chi connectivity index (χ4v) is 4.00. The number of rotatable bonds is 9. The molecule has 170 valence electrons. The molecule has 1 aliphatic carbocycles. The lowest BCUT2D eigenvalue weighted by molar-refractivity contribution is -0.138. The topological polar surface area (TPSA) is 114 Å². The summed E-state index contributed by atoms with van der Waals surface area (Å²) < 4.78 is 10.6. The lowest BCUT2D eigenvalue weighted by Crippen LogP contribution is -2.61. The van der Waals surface area contributed by atoms with Crippen molar-refractivity contribution in [2.75, 3.05) is 20.3 Å². The summed E-state index contributed by atoms with van der Waals surface area (Å²) in [6.07, 6.45) is -0.993. The summed E-state index contributed by atoms with van der Waals surface area (Å²) in [5, 5.41) is 14.1. The zero-order valence-corrected chi connectivity index (χ0v) is 18.4. The van der Waals surface area contributed by atoms with E-state index in [0.29, 0.717) is 0 Å². The fourth-order valence-electron chi connectivity index (χ4n) is 4.00. The smallest absolute Gasteiger partial charge is 0.408 e. The number of nitrogens with one attached hydrogen (secondary N) is 2. The van der Waals surface area contributed by atoms with E-state index < -0.39 is 29.6 Å². The molecule has 8 heteroatoms. The van der Waals surface area contributed by atoms with E-state index in [9.17, 15) is 14.4 Å². The number of hydrogen-bond donors (Lipinski definition) is 3. The lowest BCUT2D eigenvalue weighted by atomic mass is 9.98. The Hall–Kier alpha value is -3.39. The van der Waals surface area contributed by atoms with Crippen LogP contribution in [0.2, 0.25) is 0 Å². The van der Waals surface area contributed by atoms with Crippen LogP contribution in [0.25, 0.3) is 11.1 Å². The van der Waals surface area contributed by atoms with Crippen LogP contribution in [0.1, 0.15) is 37.3 Å². The summed E-state index contributed by atoms with van der Waals surface area (Å²) in [5.41, 5.74) is 2.98. The van der Waals surface area contributed by atoms with Gasteiger partial charge in [-0.25, -0.2) is 4.79 Å². The number of benzene rings is 2. The molecule has 0 aliphatic heterocycles. The van der Waals surface area contributed by atoms with E-state index in [1.165, 1.54) is 14.0 Å². The monoisotopic (exact) mass is 440 g/mol. The highest BCUT2D eigenvalue weighted by Crippen LogP contribution is 2.44. The van der Waals surface area contributed by atoms with Crippen molar-refractivity contribution in [2.45, 2.75) is 37.8 Å². The molecule has 2 amide bonds. The quantitative estimate of drug-likeness (QED) is 0.553. The molecule has 8 nitrogen and oxygen atoms in total. The maximum absolute atomic E-state index is 12.7. The maximum Gasteiger partial charge on any atom is 0.408 e. The molecule has 32 heavy (non-hydrogen) atoms. The number of carboxylic acids is 1. The highest BCUT2D eigenvalue weighted by molar-refractivity contribution is 5.90. The standard InChI is InChI=1S/C24H28N2O6/c1-15(12-21(27)28)25-22(29)24(2,14-31-3)26-23(30)32-13-20-18-10-6-4-8-16(18)17-9-5-7-11-19(17)20/h4-11,15,20H,12-14H2,1-3H3,(H,25,29)(H,26,30)(H,27,28)/t15-,24?/m1/s1. The number of methoxy groups -OCH3 is 1. The minimum atomic E-state index is -1.43. The number of carbonyl (C=O) groups is 3. The van der Waals surface area contributed by atoms with Crippen molar-refractivity contribution in [2.24, 2.45) is 0 Å². The van der Waals surface area contributed by atoms with Crippen molar-refractivity contribution in [1.82, 2.24) is 10.6 Å². The summed E-state index contributed by atoms with van der Waals surface area (Å²) >= 11 is 0. The van der Waals surface area contributed by atoms with Gasteiger partial charge in [-0.1, -0.05) is 48.5 Å². The number of ether oxygens (including phenoxy) is 2. The number of hydrogen-bond acceptors (Lipinski definition) is 5. The fraction of sp³-hybridized carbons (Fsp3) is 0.375. The number of alkyl carbamates (subject to hydrolysis) is 1. The Morgan fingerprint density at radius 2 is 1.62 bits per heavy atom. The third kappa shape index (κ3) is 5.08. The second-order valence-electron chi connectivity index (χ2n) is 8.19. The Kier molecular flexibility index (Phi) is 7.15. The molecular weight excluding hydrogens is 412 g/mol. The highest BCUT2D eigenvalue weighted by atomic mass is 16.5. The molecule has 0 saturated heterocycles. The first-order chi connectivity index (χ1) is 15.2. The molecule has 0 saturated carbocycles. The van der Waals surface area contributed by atoms with Gasteiger partial charge in [-0.3, -0.25) is 9.59 Å². The van der Waals surface area contributed by atoms with Gasteiger partial charge in [0.25, 0.3) is 0 Å². The van der Waals surface area contributed by atoms with Crippen LogP contribution >= 0.6 is 0 Å². The maximum atomic E-state index is 12.7. The van der Waals surface area contributed by atoms with Crippen LogP contribution in [0.15, 0.2) is 48.5 Å². The van der Waals surface area contributed by atoms with Crippen LogP contribution < -0.4 is 10.6 Å². The van der Waals surface area contributed by atoms with Crippen LogP contribution in [-0.2, 0) is 19.1 Å². The highest BCUT2D eigenvalue weighted by Gasteiger charge is 2.37. The van der Waals surface area contributed by atoms with Crippen LogP contribution in [0, 0.1) is 0 Å². The molecule has 3 N–H and O–H groups in total. The van der Waals surface area contributed by atoms with Crippen molar-refractivity contribution >= 4 is 18.0 Å². The average Bonchev–Trinajstić information content (AvgIpc) is 3.05. The van der Waals surface area contributed by atoms with E-state index in [0.717, 1.165) is 22.3 Å². The molecule has 0 radical (unpaired) electrons.